The van der Waals surface area contributed by atoms with E-state index in [-0.39, 0.29) is 16.6 Å². The van der Waals surface area contributed by atoms with Crippen LogP contribution < -0.4 is 0 Å². The van der Waals surface area contributed by atoms with Gasteiger partial charge in [-0.15, -0.1) is 0 Å². The molecule has 1 N–H and O–H groups in total. The lowest BCUT2D eigenvalue weighted by Gasteiger charge is -2.26. The highest BCUT2D eigenvalue weighted by Gasteiger charge is 2.34. The van der Waals surface area contributed by atoms with Gasteiger partial charge in [0.05, 0.1) is 0 Å². The average Bonchev–Trinajstić information content (AvgIpc) is 2.98. The zero-order valence-corrected chi connectivity index (χ0v) is 12.1. The zero-order valence-electron chi connectivity index (χ0n) is 11.3. The Bertz CT molecular complexity index is 658. The predicted molar refractivity (Wildman–Crippen MR) is 72.7 cm³/mol. The third kappa shape index (κ3) is 3.37. The number of carbonyl (C=O) groups is 1. The van der Waals surface area contributed by atoms with Crippen LogP contribution in [0.25, 0.3) is 0 Å². The van der Waals surface area contributed by atoms with Gasteiger partial charge in [0.1, 0.15) is 23.2 Å². The molecule has 0 aliphatic heterocycles. The van der Waals surface area contributed by atoms with Gasteiger partial charge in [-0.1, -0.05) is 12.8 Å². The van der Waals surface area contributed by atoms with Crippen molar-refractivity contribution in [2.24, 2.45) is 0 Å². The fraction of sp³-hybridized carbons (Fsp3) is 0.462. The van der Waals surface area contributed by atoms with Crippen molar-refractivity contribution in [1.82, 2.24) is 9.29 Å². The summed E-state index contributed by atoms with van der Waals surface area (Å²) in [7, 11) is -3.92. The second-order valence-corrected chi connectivity index (χ2v) is 6.76. The molecule has 0 saturated heterocycles. The molecule has 0 atom stereocenters. The molecule has 1 saturated carbocycles. The molecule has 0 radical (unpaired) electrons. The minimum absolute atomic E-state index is 0.0883. The van der Waals surface area contributed by atoms with Crippen LogP contribution >= 0.6 is 0 Å². The van der Waals surface area contributed by atoms with E-state index in [1.165, 1.54) is 12.1 Å². The number of carboxylic acids is 1. The molecule has 0 spiro atoms. The lowest BCUT2D eigenvalue weighted by atomic mass is 10.2. The van der Waals surface area contributed by atoms with Crippen molar-refractivity contribution in [2.45, 2.75) is 36.6 Å². The van der Waals surface area contributed by atoms with Gasteiger partial charge < -0.3 is 5.11 Å². The summed E-state index contributed by atoms with van der Waals surface area (Å²) in [5.74, 6) is -1.19. The van der Waals surface area contributed by atoms with Crippen LogP contribution in [0.15, 0.2) is 23.2 Å². The summed E-state index contributed by atoms with van der Waals surface area (Å²) in [6.07, 6.45) is 4.20. The smallest absolute Gasteiger partial charge is 0.318 e. The molecule has 1 fully saturated rings. The van der Waals surface area contributed by atoms with Gasteiger partial charge in [0, 0.05) is 12.2 Å². The molecule has 112 valence electrons. The van der Waals surface area contributed by atoms with Crippen LogP contribution in [-0.2, 0) is 14.8 Å². The molecule has 0 unspecified atom stereocenters. The maximum atomic E-state index is 12.6. The number of nitriles is 1. The molecule has 1 heterocycles. The summed E-state index contributed by atoms with van der Waals surface area (Å²) in [5.41, 5.74) is 0.111. The highest BCUT2D eigenvalue weighted by Crippen LogP contribution is 2.28. The van der Waals surface area contributed by atoms with Gasteiger partial charge in [-0.3, -0.25) is 4.79 Å². The quantitative estimate of drug-likeness (QED) is 0.867. The number of rotatable bonds is 5. The number of carboxylic acid groups (broad SMARTS) is 1. The van der Waals surface area contributed by atoms with Crippen LogP contribution in [0, 0.1) is 11.3 Å². The van der Waals surface area contributed by atoms with Gasteiger partial charge in [0.25, 0.3) is 0 Å². The largest absolute Gasteiger partial charge is 0.480 e. The summed E-state index contributed by atoms with van der Waals surface area (Å²) in [6.45, 7) is -0.562. The Kier molecular flexibility index (Phi) is 4.55. The van der Waals surface area contributed by atoms with Crippen LogP contribution in [0.4, 0.5) is 0 Å². The van der Waals surface area contributed by atoms with Gasteiger partial charge in [-0.2, -0.15) is 9.57 Å². The Hall–Kier alpha value is -1.98. The highest BCUT2D eigenvalue weighted by molar-refractivity contribution is 7.89. The zero-order chi connectivity index (χ0) is 15.5. The van der Waals surface area contributed by atoms with E-state index in [0.717, 1.165) is 23.3 Å². The van der Waals surface area contributed by atoms with Gasteiger partial charge in [-0.25, -0.2) is 13.4 Å². The minimum atomic E-state index is -3.92. The Morgan fingerprint density at radius 1 is 1.43 bits per heavy atom. The van der Waals surface area contributed by atoms with Crippen molar-refractivity contribution < 1.29 is 18.3 Å². The third-order valence-electron chi connectivity index (χ3n) is 3.48. The molecule has 1 aromatic rings. The number of aromatic nitrogens is 1. The fourth-order valence-electron chi connectivity index (χ4n) is 2.47. The number of aliphatic carboxylic acids is 1. The summed E-state index contributed by atoms with van der Waals surface area (Å²) in [6, 6.07) is 4.11. The van der Waals surface area contributed by atoms with E-state index in [4.69, 9.17) is 10.4 Å². The Morgan fingerprint density at radius 3 is 2.57 bits per heavy atom. The Morgan fingerprint density at radius 2 is 2.10 bits per heavy atom. The molecule has 8 heteroatoms. The van der Waals surface area contributed by atoms with Crippen molar-refractivity contribution in [2.75, 3.05) is 6.54 Å². The van der Waals surface area contributed by atoms with Gasteiger partial charge in [-0.05, 0) is 25.0 Å². The second kappa shape index (κ2) is 6.20. The van der Waals surface area contributed by atoms with Crippen LogP contribution in [-0.4, -0.2) is 41.4 Å². The summed E-state index contributed by atoms with van der Waals surface area (Å²) >= 11 is 0. The number of hydrogen-bond donors (Lipinski definition) is 1. The maximum Gasteiger partial charge on any atom is 0.318 e. The van der Waals surface area contributed by atoms with Gasteiger partial charge in [0.15, 0.2) is 0 Å². The normalized spacial score (nSPS) is 16.0. The average molecular weight is 309 g/mol. The van der Waals surface area contributed by atoms with Crippen LogP contribution in [0.2, 0.25) is 0 Å². The molecule has 1 aromatic heterocycles. The third-order valence-corrected chi connectivity index (χ3v) is 5.36. The van der Waals surface area contributed by atoms with Crippen molar-refractivity contribution in [3.05, 3.63) is 24.0 Å². The topological polar surface area (TPSA) is 111 Å². The predicted octanol–water partition coefficient (Wildman–Crippen LogP) is 0.971. The SMILES string of the molecule is N#Cc1ccc(S(=O)(=O)N(CC(=O)O)C2CCCC2)cn1. The molecule has 1 aliphatic rings. The molecule has 1 aliphatic carbocycles. The molecular formula is C13H15N3O4S. The first-order valence-corrected chi connectivity index (χ1v) is 7.99. The monoisotopic (exact) mass is 309 g/mol. The number of nitrogens with zero attached hydrogens (tertiary/aromatic N) is 3. The number of pyridine rings is 1. The van der Waals surface area contributed by atoms with E-state index < -0.39 is 22.5 Å². The van der Waals surface area contributed by atoms with Crippen molar-refractivity contribution >= 4 is 16.0 Å². The first-order chi connectivity index (χ1) is 9.95. The van der Waals surface area contributed by atoms with E-state index in [2.05, 4.69) is 4.98 Å². The Labute approximate surface area is 122 Å². The van der Waals surface area contributed by atoms with E-state index in [1.807, 2.05) is 6.07 Å². The van der Waals surface area contributed by atoms with Crippen molar-refractivity contribution in [3.63, 3.8) is 0 Å². The molecule has 21 heavy (non-hydrogen) atoms. The molecule has 0 amide bonds. The van der Waals surface area contributed by atoms with E-state index in [0.29, 0.717) is 12.8 Å². The van der Waals surface area contributed by atoms with Gasteiger partial charge in [0.2, 0.25) is 10.0 Å². The fourth-order valence-corrected chi connectivity index (χ4v) is 4.05. The maximum absolute atomic E-state index is 12.6. The lowest BCUT2D eigenvalue weighted by molar-refractivity contribution is -0.137. The lowest BCUT2D eigenvalue weighted by Crippen LogP contribution is -2.42. The number of hydrogen-bond acceptors (Lipinski definition) is 5. The standard InChI is InChI=1S/C13H15N3O4S/c14-7-10-5-6-12(8-15-10)21(19,20)16(9-13(17)18)11-3-1-2-4-11/h5-6,8,11H,1-4,9H2,(H,17,18). The molecule has 2 rings (SSSR count). The first-order valence-electron chi connectivity index (χ1n) is 6.55. The van der Waals surface area contributed by atoms with Crippen molar-refractivity contribution in [3.8, 4) is 6.07 Å². The summed E-state index contributed by atoms with van der Waals surface area (Å²) < 4.78 is 26.2. The van der Waals surface area contributed by atoms with Gasteiger partial charge >= 0.3 is 5.97 Å². The van der Waals surface area contributed by atoms with Crippen LogP contribution in [0.3, 0.4) is 0 Å². The second-order valence-electron chi connectivity index (χ2n) is 4.87. The van der Waals surface area contributed by atoms with Crippen LogP contribution in [0.5, 0.6) is 0 Å². The van der Waals surface area contributed by atoms with E-state index >= 15 is 0 Å². The minimum Gasteiger partial charge on any atom is -0.480 e. The molecule has 0 aromatic carbocycles. The highest BCUT2D eigenvalue weighted by atomic mass is 32.2. The molecular weight excluding hydrogens is 294 g/mol. The first kappa shape index (κ1) is 15.4. The van der Waals surface area contributed by atoms with E-state index in [9.17, 15) is 13.2 Å². The molecule has 0 bridgehead atoms. The Balaban J connectivity index is 2.35. The van der Waals surface area contributed by atoms with E-state index in [1.54, 1.807) is 0 Å². The molecule has 7 nitrogen and oxygen atoms in total. The van der Waals surface area contributed by atoms with Crippen molar-refractivity contribution in [1.29, 1.82) is 5.26 Å². The summed E-state index contributed by atoms with van der Waals surface area (Å²) in [5, 5.41) is 17.7. The number of sulfonamides is 1. The summed E-state index contributed by atoms with van der Waals surface area (Å²) in [4.78, 5) is 14.6. The van der Waals surface area contributed by atoms with Crippen LogP contribution in [0.1, 0.15) is 31.4 Å².